The maximum absolute atomic E-state index is 12.3. The van der Waals surface area contributed by atoms with E-state index in [1.807, 2.05) is 20.8 Å². The molecule has 1 aliphatic carbocycles. The van der Waals surface area contributed by atoms with Crippen molar-refractivity contribution in [3.8, 4) is 0 Å². The van der Waals surface area contributed by atoms with Gasteiger partial charge < -0.3 is 15.2 Å². The molecule has 0 aromatic heterocycles. The standard InChI is InChI=1S/C15H25NO4/c1-9-10(2)20-11(3)12(9)13(17)16-8-15(14(18)19)6-4-5-7-15/h9-12H,4-8H2,1-3H3,(H,16,17)(H,18,19). The van der Waals surface area contributed by atoms with Crippen molar-refractivity contribution >= 4 is 11.9 Å². The minimum atomic E-state index is -0.785. The molecule has 0 bridgehead atoms. The van der Waals surface area contributed by atoms with E-state index in [1.165, 1.54) is 0 Å². The summed E-state index contributed by atoms with van der Waals surface area (Å²) in [5.41, 5.74) is -0.757. The lowest BCUT2D eigenvalue weighted by Crippen LogP contribution is -2.45. The maximum atomic E-state index is 12.3. The lowest BCUT2D eigenvalue weighted by atomic mass is 9.85. The molecule has 1 saturated heterocycles. The van der Waals surface area contributed by atoms with Crippen molar-refractivity contribution in [3.05, 3.63) is 0 Å². The van der Waals surface area contributed by atoms with Crippen molar-refractivity contribution in [2.75, 3.05) is 6.54 Å². The van der Waals surface area contributed by atoms with Gasteiger partial charge in [-0.05, 0) is 32.6 Å². The second-order valence-corrected chi connectivity index (χ2v) is 6.44. The number of carboxylic acids is 1. The fourth-order valence-corrected chi connectivity index (χ4v) is 3.61. The molecule has 0 radical (unpaired) electrons. The Morgan fingerprint density at radius 1 is 1.20 bits per heavy atom. The molecule has 4 atom stereocenters. The summed E-state index contributed by atoms with van der Waals surface area (Å²) in [5.74, 6) is -0.874. The maximum Gasteiger partial charge on any atom is 0.311 e. The number of aliphatic carboxylic acids is 1. The SMILES string of the molecule is CC1OC(C)C(C(=O)NCC2(C(=O)O)CCCC2)C1C. The Balaban J connectivity index is 1.96. The number of amides is 1. The molecule has 2 aliphatic rings. The van der Waals surface area contributed by atoms with E-state index >= 15 is 0 Å². The van der Waals surface area contributed by atoms with Crippen molar-refractivity contribution in [1.82, 2.24) is 5.32 Å². The van der Waals surface area contributed by atoms with E-state index in [-0.39, 0.29) is 36.5 Å². The number of carboxylic acid groups (broad SMARTS) is 1. The Morgan fingerprint density at radius 2 is 1.80 bits per heavy atom. The molecule has 5 heteroatoms. The molecule has 2 N–H and O–H groups in total. The molecule has 2 rings (SSSR count). The second-order valence-electron chi connectivity index (χ2n) is 6.44. The summed E-state index contributed by atoms with van der Waals surface area (Å²) in [5, 5.41) is 12.3. The summed E-state index contributed by atoms with van der Waals surface area (Å²) in [6, 6.07) is 0. The second kappa shape index (κ2) is 5.72. The first-order chi connectivity index (χ1) is 9.37. The van der Waals surface area contributed by atoms with E-state index in [0.717, 1.165) is 12.8 Å². The third kappa shape index (κ3) is 2.68. The van der Waals surface area contributed by atoms with E-state index < -0.39 is 11.4 Å². The van der Waals surface area contributed by atoms with Gasteiger partial charge in [0.25, 0.3) is 0 Å². The summed E-state index contributed by atoms with van der Waals surface area (Å²) < 4.78 is 5.67. The monoisotopic (exact) mass is 283 g/mol. The van der Waals surface area contributed by atoms with Gasteiger partial charge in [-0.2, -0.15) is 0 Å². The van der Waals surface area contributed by atoms with Gasteiger partial charge in [0.05, 0.1) is 23.5 Å². The van der Waals surface area contributed by atoms with Gasteiger partial charge in [0.2, 0.25) is 5.91 Å². The van der Waals surface area contributed by atoms with Gasteiger partial charge in [-0.15, -0.1) is 0 Å². The molecule has 0 aromatic carbocycles. The fourth-order valence-electron chi connectivity index (χ4n) is 3.61. The average molecular weight is 283 g/mol. The zero-order chi connectivity index (χ0) is 14.9. The first-order valence-corrected chi connectivity index (χ1v) is 7.54. The highest BCUT2D eigenvalue weighted by atomic mass is 16.5. The highest BCUT2D eigenvalue weighted by Gasteiger charge is 2.44. The third-order valence-corrected chi connectivity index (χ3v) is 5.16. The van der Waals surface area contributed by atoms with E-state index in [9.17, 15) is 14.7 Å². The quantitative estimate of drug-likeness (QED) is 0.825. The van der Waals surface area contributed by atoms with Crippen LogP contribution < -0.4 is 5.32 Å². The minimum Gasteiger partial charge on any atom is -0.481 e. The molecule has 5 nitrogen and oxygen atoms in total. The van der Waals surface area contributed by atoms with Crippen molar-refractivity contribution in [2.45, 2.75) is 58.7 Å². The highest BCUT2D eigenvalue weighted by molar-refractivity contribution is 5.81. The Bertz CT molecular complexity index is 389. The van der Waals surface area contributed by atoms with E-state index in [2.05, 4.69) is 5.32 Å². The van der Waals surface area contributed by atoms with Crippen LogP contribution in [0.15, 0.2) is 0 Å². The van der Waals surface area contributed by atoms with Crippen LogP contribution in [0.1, 0.15) is 46.5 Å². The molecule has 0 aromatic rings. The molecule has 4 unspecified atom stereocenters. The van der Waals surface area contributed by atoms with Crippen molar-refractivity contribution in [3.63, 3.8) is 0 Å². The number of ether oxygens (including phenoxy) is 1. The van der Waals surface area contributed by atoms with E-state index in [0.29, 0.717) is 12.8 Å². The molecule has 0 spiro atoms. The van der Waals surface area contributed by atoms with Gasteiger partial charge in [-0.1, -0.05) is 19.8 Å². The summed E-state index contributed by atoms with van der Waals surface area (Å²) in [7, 11) is 0. The summed E-state index contributed by atoms with van der Waals surface area (Å²) >= 11 is 0. The van der Waals surface area contributed by atoms with Gasteiger partial charge in [0.1, 0.15) is 0 Å². The number of nitrogens with one attached hydrogen (secondary N) is 1. The van der Waals surface area contributed by atoms with Crippen molar-refractivity contribution in [1.29, 1.82) is 0 Å². The van der Waals surface area contributed by atoms with Crippen LogP contribution in [0.25, 0.3) is 0 Å². The minimum absolute atomic E-state index is 0.0677. The first kappa shape index (κ1) is 15.3. The lowest BCUT2D eigenvalue weighted by molar-refractivity contribution is -0.148. The Hall–Kier alpha value is -1.10. The van der Waals surface area contributed by atoms with Crippen LogP contribution >= 0.6 is 0 Å². The fraction of sp³-hybridized carbons (Fsp3) is 0.867. The third-order valence-electron chi connectivity index (χ3n) is 5.16. The molecular weight excluding hydrogens is 258 g/mol. The Morgan fingerprint density at radius 3 is 2.25 bits per heavy atom. The zero-order valence-electron chi connectivity index (χ0n) is 12.5. The lowest BCUT2D eigenvalue weighted by Gasteiger charge is -2.26. The predicted molar refractivity (Wildman–Crippen MR) is 74.2 cm³/mol. The summed E-state index contributed by atoms with van der Waals surface area (Å²) in [4.78, 5) is 23.8. The van der Waals surface area contributed by atoms with Crippen LogP contribution in [0.4, 0.5) is 0 Å². The van der Waals surface area contributed by atoms with Crippen LogP contribution in [0.2, 0.25) is 0 Å². The molecule has 114 valence electrons. The van der Waals surface area contributed by atoms with E-state index in [1.54, 1.807) is 0 Å². The largest absolute Gasteiger partial charge is 0.481 e. The molecule has 1 aliphatic heterocycles. The molecular formula is C15H25NO4. The smallest absolute Gasteiger partial charge is 0.311 e. The normalized spacial score (nSPS) is 36.0. The van der Waals surface area contributed by atoms with Crippen LogP contribution in [-0.2, 0) is 14.3 Å². The average Bonchev–Trinajstić information content (AvgIpc) is 2.94. The number of carbonyl (C=O) groups excluding carboxylic acids is 1. The van der Waals surface area contributed by atoms with Gasteiger partial charge >= 0.3 is 5.97 Å². The predicted octanol–water partition coefficient (Wildman–Crippen LogP) is 1.81. The number of rotatable bonds is 4. The van der Waals surface area contributed by atoms with Gasteiger partial charge in [0, 0.05) is 6.54 Å². The summed E-state index contributed by atoms with van der Waals surface area (Å²) in [6.45, 7) is 6.14. The van der Waals surface area contributed by atoms with Crippen LogP contribution in [0.5, 0.6) is 0 Å². The Kier molecular flexibility index (Phi) is 4.37. The van der Waals surface area contributed by atoms with Crippen LogP contribution in [0, 0.1) is 17.3 Å². The zero-order valence-corrected chi connectivity index (χ0v) is 12.5. The Labute approximate surface area is 120 Å². The van der Waals surface area contributed by atoms with Crippen LogP contribution in [-0.4, -0.2) is 35.7 Å². The van der Waals surface area contributed by atoms with Gasteiger partial charge in [0.15, 0.2) is 0 Å². The highest BCUT2D eigenvalue weighted by Crippen LogP contribution is 2.38. The molecule has 20 heavy (non-hydrogen) atoms. The topological polar surface area (TPSA) is 75.6 Å². The van der Waals surface area contributed by atoms with Gasteiger partial charge in [-0.3, -0.25) is 9.59 Å². The van der Waals surface area contributed by atoms with Gasteiger partial charge in [-0.25, -0.2) is 0 Å². The van der Waals surface area contributed by atoms with Crippen molar-refractivity contribution < 1.29 is 19.4 Å². The summed E-state index contributed by atoms with van der Waals surface area (Å²) in [6.07, 6.45) is 3.14. The number of hydrogen-bond donors (Lipinski definition) is 2. The first-order valence-electron chi connectivity index (χ1n) is 7.54. The number of hydrogen-bond acceptors (Lipinski definition) is 3. The molecule has 1 amide bonds. The number of carbonyl (C=O) groups is 2. The molecule has 1 saturated carbocycles. The molecule has 1 heterocycles. The van der Waals surface area contributed by atoms with Crippen molar-refractivity contribution in [2.24, 2.45) is 17.3 Å². The van der Waals surface area contributed by atoms with Crippen LogP contribution in [0.3, 0.4) is 0 Å². The van der Waals surface area contributed by atoms with E-state index in [4.69, 9.17) is 4.74 Å². The molecule has 2 fully saturated rings.